The van der Waals surface area contributed by atoms with Crippen molar-refractivity contribution < 1.29 is 4.74 Å². The van der Waals surface area contributed by atoms with Gasteiger partial charge >= 0.3 is 0 Å². The van der Waals surface area contributed by atoms with Gasteiger partial charge in [0.25, 0.3) is 0 Å². The number of aromatic nitrogens is 2. The van der Waals surface area contributed by atoms with Crippen molar-refractivity contribution in [3.05, 3.63) is 42.2 Å². The summed E-state index contributed by atoms with van der Waals surface area (Å²) in [6.45, 7) is 0. The number of alkyl halides is 1. The van der Waals surface area contributed by atoms with Crippen LogP contribution in [0.2, 0.25) is 0 Å². The van der Waals surface area contributed by atoms with Crippen LogP contribution < -0.4 is 4.74 Å². The van der Waals surface area contributed by atoms with Crippen molar-refractivity contribution in [2.24, 2.45) is 0 Å². The van der Waals surface area contributed by atoms with Gasteiger partial charge in [-0.15, -0.1) is 0 Å². The highest BCUT2D eigenvalue weighted by Crippen LogP contribution is 2.19. The molecule has 1 heterocycles. The van der Waals surface area contributed by atoms with Gasteiger partial charge in [-0.3, -0.25) is 0 Å². The van der Waals surface area contributed by atoms with Crippen LogP contribution >= 0.6 is 15.9 Å². The largest absolute Gasteiger partial charge is 0.497 e. The zero-order valence-corrected chi connectivity index (χ0v) is 10.4. The number of benzene rings is 1. The fourth-order valence-electron chi connectivity index (χ4n) is 1.35. The van der Waals surface area contributed by atoms with Gasteiger partial charge in [-0.25, -0.2) is 9.97 Å². The molecule has 3 nitrogen and oxygen atoms in total. The van der Waals surface area contributed by atoms with Gasteiger partial charge in [0.15, 0.2) is 5.82 Å². The molecule has 16 heavy (non-hydrogen) atoms. The van der Waals surface area contributed by atoms with Crippen molar-refractivity contribution in [1.29, 1.82) is 0 Å². The number of methoxy groups -OCH3 is 1. The maximum Gasteiger partial charge on any atom is 0.159 e. The van der Waals surface area contributed by atoms with E-state index in [-0.39, 0.29) is 0 Å². The van der Waals surface area contributed by atoms with Gasteiger partial charge in [-0.1, -0.05) is 15.9 Å². The summed E-state index contributed by atoms with van der Waals surface area (Å²) in [6.07, 6.45) is 1.77. The minimum absolute atomic E-state index is 0.735. The SMILES string of the molecule is COc1ccc(-c2nccc(CBr)n2)cc1. The van der Waals surface area contributed by atoms with E-state index in [1.165, 1.54) is 0 Å². The van der Waals surface area contributed by atoms with Crippen molar-refractivity contribution in [2.75, 3.05) is 7.11 Å². The van der Waals surface area contributed by atoms with Crippen LogP contribution in [0.3, 0.4) is 0 Å². The molecule has 0 saturated carbocycles. The van der Waals surface area contributed by atoms with Crippen molar-refractivity contribution in [2.45, 2.75) is 5.33 Å². The molecular formula is C12H11BrN2O. The quantitative estimate of drug-likeness (QED) is 0.810. The molecule has 0 bridgehead atoms. The smallest absolute Gasteiger partial charge is 0.159 e. The zero-order chi connectivity index (χ0) is 11.4. The maximum atomic E-state index is 5.10. The average Bonchev–Trinajstić information content (AvgIpc) is 2.39. The molecule has 0 amide bonds. The van der Waals surface area contributed by atoms with E-state index in [1.54, 1.807) is 13.3 Å². The predicted molar refractivity (Wildman–Crippen MR) is 66.7 cm³/mol. The van der Waals surface area contributed by atoms with Gasteiger partial charge < -0.3 is 4.74 Å². The Bertz CT molecular complexity index is 471. The lowest BCUT2D eigenvalue weighted by Crippen LogP contribution is -1.92. The topological polar surface area (TPSA) is 35.0 Å². The van der Waals surface area contributed by atoms with Gasteiger partial charge in [0, 0.05) is 17.1 Å². The first-order valence-corrected chi connectivity index (χ1v) is 5.98. The second-order valence-electron chi connectivity index (χ2n) is 3.23. The Hall–Kier alpha value is -1.42. The molecule has 0 spiro atoms. The molecule has 0 aliphatic rings. The van der Waals surface area contributed by atoms with E-state index in [1.807, 2.05) is 30.3 Å². The third-order valence-electron chi connectivity index (χ3n) is 2.20. The Kier molecular flexibility index (Phi) is 3.51. The van der Waals surface area contributed by atoms with E-state index < -0.39 is 0 Å². The summed E-state index contributed by atoms with van der Waals surface area (Å²) < 4.78 is 5.10. The molecule has 1 aromatic carbocycles. The summed E-state index contributed by atoms with van der Waals surface area (Å²) in [5, 5.41) is 0.735. The van der Waals surface area contributed by atoms with Crippen molar-refractivity contribution >= 4 is 15.9 Å². The highest BCUT2D eigenvalue weighted by Gasteiger charge is 2.02. The fraction of sp³-hybridized carbons (Fsp3) is 0.167. The summed E-state index contributed by atoms with van der Waals surface area (Å²) in [5.41, 5.74) is 1.96. The minimum atomic E-state index is 0.735. The first kappa shape index (κ1) is 11.1. The van der Waals surface area contributed by atoms with Crippen LogP contribution in [0.1, 0.15) is 5.69 Å². The zero-order valence-electron chi connectivity index (χ0n) is 8.85. The lowest BCUT2D eigenvalue weighted by atomic mass is 10.2. The van der Waals surface area contributed by atoms with Crippen LogP contribution in [0, 0.1) is 0 Å². The lowest BCUT2D eigenvalue weighted by Gasteiger charge is -2.03. The predicted octanol–water partition coefficient (Wildman–Crippen LogP) is 3.05. The van der Waals surface area contributed by atoms with Gasteiger partial charge in [0.05, 0.1) is 12.8 Å². The Balaban J connectivity index is 2.34. The molecule has 0 fully saturated rings. The Labute approximate surface area is 103 Å². The number of hydrogen-bond acceptors (Lipinski definition) is 3. The molecule has 0 saturated heterocycles. The molecular weight excluding hydrogens is 268 g/mol. The first-order chi connectivity index (χ1) is 7.83. The normalized spacial score (nSPS) is 10.1. The molecule has 82 valence electrons. The van der Waals surface area contributed by atoms with E-state index >= 15 is 0 Å². The maximum absolute atomic E-state index is 5.10. The number of rotatable bonds is 3. The second-order valence-corrected chi connectivity index (χ2v) is 3.79. The number of nitrogens with zero attached hydrogens (tertiary/aromatic N) is 2. The van der Waals surface area contributed by atoms with Crippen molar-refractivity contribution in [3.63, 3.8) is 0 Å². The average molecular weight is 279 g/mol. The van der Waals surface area contributed by atoms with Gasteiger partial charge in [-0.05, 0) is 30.3 Å². The summed E-state index contributed by atoms with van der Waals surface area (Å²) in [6, 6.07) is 9.60. The molecule has 0 unspecified atom stereocenters. The van der Waals surface area contributed by atoms with Crippen LogP contribution in [0.25, 0.3) is 11.4 Å². The van der Waals surface area contributed by atoms with Crippen LogP contribution in [0.15, 0.2) is 36.5 Å². The number of ether oxygens (including phenoxy) is 1. The van der Waals surface area contributed by atoms with Crippen molar-refractivity contribution in [1.82, 2.24) is 9.97 Å². The van der Waals surface area contributed by atoms with E-state index in [2.05, 4.69) is 25.9 Å². The molecule has 0 aliphatic carbocycles. The van der Waals surface area contributed by atoms with Gasteiger partial charge in [0.2, 0.25) is 0 Å². The molecule has 2 rings (SSSR count). The molecule has 2 aromatic rings. The van der Waals surface area contributed by atoms with Crippen LogP contribution in [0.5, 0.6) is 5.75 Å². The number of hydrogen-bond donors (Lipinski definition) is 0. The Morgan fingerprint density at radius 3 is 2.56 bits per heavy atom. The van der Waals surface area contributed by atoms with E-state index in [0.29, 0.717) is 0 Å². The highest BCUT2D eigenvalue weighted by atomic mass is 79.9. The molecule has 0 N–H and O–H groups in total. The summed E-state index contributed by atoms with van der Waals surface area (Å²) in [5.74, 6) is 1.57. The van der Waals surface area contributed by atoms with Crippen molar-refractivity contribution in [3.8, 4) is 17.1 Å². The Morgan fingerprint density at radius 2 is 1.94 bits per heavy atom. The second kappa shape index (κ2) is 5.07. The fourth-order valence-corrected chi connectivity index (χ4v) is 1.66. The highest BCUT2D eigenvalue weighted by molar-refractivity contribution is 9.08. The third kappa shape index (κ3) is 2.39. The monoisotopic (exact) mass is 278 g/mol. The van der Waals surface area contributed by atoms with Gasteiger partial charge in [-0.2, -0.15) is 0 Å². The first-order valence-electron chi connectivity index (χ1n) is 4.86. The van der Waals surface area contributed by atoms with E-state index in [4.69, 9.17) is 4.74 Å². The minimum Gasteiger partial charge on any atom is -0.497 e. The van der Waals surface area contributed by atoms with Gasteiger partial charge in [0.1, 0.15) is 5.75 Å². The molecule has 0 radical (unpaired) electrons. The lowest BCUT2D eigenvalue weighted by molar-refractivity contribution is 0.415. The van der Waals surface area contributed by atoms with E-state index in [0.717, 1.165) is 28.2 Å². The molecule has 0 atom stereocenters. The molecule has 1 aromatic heterocycles. The molecule has 4 heteroatoms. The number of halogens is 1. The third-order valence-corrected chi connectivity index (χ3v) is 2.77. The Morgan fingerprint density at radius 1 is 1.19 bits per heavy atom. The summed E-state index contributed by atoms with van der Waals surface area (Å²) in [7, 11) is 1.65. The summed E-state index contributed by atoms with van der Waals surface area (Å²) >= 11 is 3.38. The van der Waals surface area contributed by atoms with Crippen LogP contribution in [-0.2, 0) is 5.33 Å². The van der Waals surface area contributed by atoms with Crippen LogP contribution in [0.4, 0.5) is 0 Å². The standard InChI is InChI=1S/C12H11BrN2O/c1-16-11-4-2-9(3-5-11)12-14-7-6-10(8-13)15-12/h2-7H,8H2,1H3. The van der Waals surface area contributed by atoms with Crippen LogP contribution in [-0.4, -0.2) is 17.1 Å². The summed E-state index contributed by atoms with van der Waals surface area (Å²) in [4.78, 5) is 8.66. The molecule has 0 aliphatic heterocycles. The van der Waals surface area contributed by atoms with E-state index in [9.17, 15) is 0 Å².